The fourth-order valence-electron chi connectivity index (χ4n) is 4.01. The van der Waals surface area contributed by atoms with E-state index in [0.717, 1.165) is 10.9 Å². The molecule has 0 aliphatic heterocycles. The minimum atomic E-state index is -1.46. The second kappa shape index (κ2) is 16.2. The minimum absolute atomic E-state index is 0.0728. The first-order chi connectivity index (χ1) is 19.4. The lowest BCUT2D eigenvalue weighted by atomic mass is 10.0. The molecule has 0 bridgehead atoms. The molecule has 15 heteroatoms. The molecule has 0 radical (unpaired) electrons. The number of aromatic nitrogens is 1. The number of benzene rings is 1. The molecule has 0 saturated carbocycles. The van der Waals surface area contributed by atoms with E-state index in [2.05, 4.69) is 20.9 Å². The maximum Gasteiger partial charge on any atom is 0.326 e. The lowest BCUT2D eigenvalue weighted by molar-refractivity contribution is -0.142. The number of amides is 4. The number of rotatable bonds is 18. The van der Waals surface area contributed by atoms with Gasteiger partial charge in [-0.3, -0.25) is 24.0 Å². The van der Waals surface area contributed by atoms with Crippen molar-refractivity contribution in [2.45, 2.75) is 62.7 Å². The number of nitrogens with two attached hydrogens (primary N) is 2. The average Bonchev–Trinajstić information content (AvgIpc) is 3.33. The molecule has 1 aromatic heterocycles. The highest BCUT2D eigenvalue weighted by Crippen LogP contribution is 2.19. The monoisotopic (exact) mass is 592 g/mol. The number of primary amides is 1. The Labute approximate surface area is 240 Å². The average molecular weight is 593 g/mol. The van der Waals surface area contributed by atoms with Gasteiger partial charge in [0, 0.05) is 36.4 Å². The van der Waals surface area contributed by atoms with Gasteiger partial charge in [0.05, 0.1) is 6.04 Å². The van der Waals surface area contributed by atoms with Gasteiger partial charge in [-0.15, -0.1) is 0 Å². The second-order valence-corrected chi connectivity index (χ2v) is 10.4. The Bertz CT molecular complexity index is 1250. The van der Waals surface area contributed by atoms with E-state index in [0.29, 0.717) is 17.7 Å². The van der Waals surface area contributed by atoms with Crippen LogP contribution in [0.5, 0.6) is 0 Å². The summed E-state index contributed by atoms with van der Waals surface area (Å²) in [5, 5.41) is 26.8. The molecule has 224 valence electrons. The number of aromatic amines is 1. The van der Waals surface area contributed by atoms with Gasteiger partial charge in [-0.05, 0) is 42.9 Å². The van der Waals surface area contributed by atoms with Crippen LogP contribution in [0.3, 0.4) is 0 Å². The Morgan fingerprint density at radius 1 is 0.878 bits per heavy atom. The molecule has 4 atom stereocenters. The molecule has 1 heterocycles. The van der Waals surface area contributed by atoms with Crippen molar-refractivity contribution in [2.24, 2.45) is 11.5 Å². The lowest BCUT2D eigenvalue weighted by Crippen LogP contribution is -2.57. The minimum Gasteiger partial charge on any atom is -0.481 e. The van der Waals surface area contributed by atoms with Crippen LogP contribution in [0.1, 0.15) is 37.7 Å². The number of nitrogens with one attached hydrogen (secondary N) is 4. The van der Waals surface area contributed by atoms with Crippen molar-refractivity contribution in [1.29, 1.82) is 0 Å². The zero-order chi connectivity index (χ0) is 30.5. The van der Waals surface area contributed by atoms with E-state index in [4.69, 9.17) is 16.6 Å². The molecule has 4 amide bonds. The summed E-state index contributed by atoms with van der Waals surface area (Å²) in [6.45, 7) is 0. The molecule has 10 N–H and O–H groups in total. The first-order valence-corrected chi connectivity index (χ1v) is 14.3. The number of hydrogen-bond donors (Lipinski definition) is 8. The molecule has 2 aromatic rings. The van der Waals surface area contributed by atoms with Crippen LogP contribution >= 0.6 is 11.8 Å². The van der Waals surface area contributed by atoms with Crippen molar-refractivity contribution < 1.29 is 39.0 Å². The number of aliphatic carboxylic acids is 2. The third-order valence-corrected chi connectivity index (χ3v) is 6.92. The van der Waals surface area contributed by atoms with Crippen LogP contribution in [-0.4, -0.2) is 86.9 Å². The molecule has 0 fully saturated rings. The second-order valence-electron chi connectivity index (χ2n) is 9.41. The van der Waals surface area contributed by atoms with Crippen molar-refractivity contribution in [2.75, 3.05) is 12.0 Å². The van der Waals surface area contributed by atoms with E-state index in [1.54, 1.807) is 18.3 Å². The predicted octanol–water partition coefficient (Wildman–Crippen LogP) is -0.540. The van der Waals surface area contributed by atoms with Crippen LogP contribution in [0.2, 0.25) is 0 Å². The van der Waals surface area contributed by atoms with Crippen molar-refractivity contribution in [3.8, 4) is 0 Å². The fourth-order valence-corrected chi connectivity index (χ4v) is 4.50. The van der Waals surface area contributed by atoms with Crippen molar-refractivity contribution in [3.05, 3.63) is 36.0 Å². The van der Waals surface area contributed by atoms with Gasteiger partial charge in [0.2, 0.25) is 23.6 Å². The zero-order valence-electron chi connectivity index (χ0n) is 22.6. The number of carboxylic acids is 2. The third-order valence-electron chi connectivity index (χ3n) is 6.28. The molecular weight excluding hydrogens is 556 g/mol. The number of carbonyl (C=O) groups is 6. The summed E-state index contributed by atoms with van der Waals surface area (Å²) in [7, 11) is 0. The predicted molar refractivity (Wildman–Crippen MR) is 152 cm³/mol. The van der Waals surface area contributed by atoms with E-state index in [1.807, 2.05) is 18.4 Å². The number of hydrogen-bond acceptors (Lipinski definition) is 8. The Kier molecular flexibility index (Phi) is 13.1. The van der Waals surface area contributed by atoms with Crippen molar-refractivity contribution in [1.82, 2.24) is 20.9 Å². The molecular formula is C26H36N6O8S. The quantitative estimate of drug-likeness (QED) is 0.110. The summed E-state index contributed by atoms with van der Waals surface area (Å²) in [6.07, 6.45) is 2.45. The summed E-state index contributed by atoms with van der Waals surface area (Å²) < 4.78 is 0. The van der Waals surface area contributed by atoms with E-state index in [-0.39, 0.29) is 25.7 Å². The first kappa shape index (κ1) is 33.1. The van der Waals surface area contributed by atoms with Gasteiger partial charge < -0.3 is 42.6 Å². The summed E-state index contributed by atoms with van der Waals surface area (Å²) in [5.41, 5.74) is 12.4. The van der Waals surface area contributed by atoms with Gasteiger partial charge in [-0.2, -0.15) is 11.8 Å². The van der Waals surface area contributed by atoms with Gasteiger partial charge >= 0.3 is 11.9 Å². The molecule has 0 aliphatic carbocycles. The van der Waals surface area contributed by atoms with Crippen LogP contribution in [-0.2, 0) is 35.2 Å². The van der Waals surface area contributed by atoms with Gasteiger partial charge in [0.15, 0.2) is 0 Å². The summed E-state index contributed by atoms with van der Waals surface area (Å²) in [4.78, 5) is 76.5. The van der Waals surface area contributed by atoms with Crippen molar-refractivity contribution in [3.63, 3.8) is 0 Å². The third kappa shape index (κ3) is 10.8. The highest BCUT2D eigenvalue weighted by atomic mass is 32.2. The number of carbonyl (C=O) groups excluding carboxylic acids is 4. The Morgan fingerprint density at radius 2 is 1.49 bits per heavy atom. The van der Waals surface area contributed by atoms with Crippen LogP contribution < -0.4 is 27.4 Å². The van der Waals surface area contributed by atoms with E-state index in [9.17, 15) is 33.9 Å². The van der Waals surface area contributed by atoms with Gasteiger partial charge in [-0.25, -0.2) is 4.79 Å². The van der Waals surface area contributed by atoms with E-state index >= 15 is 0 Å². The zero-order valence-corrected chi connectivity index (χ0v) is 23.4. The van der Waals surface area contributed by atoms with Crippen LogP contribution in [0, 0.1) is 0 Å². The van der Waals surface area contributed by atoms with Gasteiger partial charge in [-0.1, -0.05) is 18.2 Å². The smallest absolute Gasteiger partial charge is 0.326 e. The topological polar surface area (TPSA) is 247 Å². The maximum atomic E-state index is 13.3. The summed E-state index contributed by atoms with van der Waals surface area (Å²) >= 11 is 1.48. The van der Waals surface area contributed by atoms with Gasteiger partial charge in [0.1, 0.15) is 18.1 Å². The molecule has 2 rings (SSSR count). The number of thioether (sulfide) groups is 1. The highest BCUT2D eigenvalue weighted by Gasteiger charge is 2.31. The SMILES string of the molecule is CSCCC(N)C(=O)NC(CCC(=O)O)C(=O)NC(Cc1c[nH]c2ccccc12)C(=O)NC(CCC(N)=O)C(=O)O. The number of fused-ring (bicyclic) bond motifs is 1. The Balaban J connectivity index is 2.32. The van der Waals surface area contributed by atoms with E-state index < -0.39 is 66.2 Å². The van der Waals surface area contributed by atoms with Crippen LogP contribution in [0.4, 0.5) is 0 Å². The number of carboxylic acid groups (broad SMARTS) is 2. The standard InChI is InChI=1S/C26H36N6O8S/c1-41-11-10-16(27)23(36)30-18(7-9-22(34)35)24(37)32-20(12-14-13-29-17-5-3-2-4-15(14)17)25(38)31-19(26(39)40)6-8-21(28)33/h2-5,13,16,18-20,29H,6-12,27H2,1H3,(H2,28,33)(H,30,36)(H,31,38)(H,32,37)(H,34,35)(H,39,40). The maximum absolute atomic E-state index is 13.3. The summed E-state index contributed by atoms with van der Waals surface area (Å²) in [5.74, 6) is -5.12. The number of H-pyrrole nitrogens is 1. The Morgan fingerprint density at radius 3 is 2.12 bits per heavy atom. The van der Waals surface area contributed by atoms with E-state index in [1.165, 1.54) is 11.8 Å². The molecule has 1 aromatic carbocycles. The molecule has 0 saturated heterocycles. The number of para-hydroxylation sites is 1. The highest BCUT2D eigenvalue weighted by molar-refractivity contribution is 7.98. The molecule has 41 heavy (non-hydrogen) atoms. The van der Waals surface area contributed by atoms with Crippen LogP contribution in [0.25, 0.3) is 10.9 Å². The first-order valence-electron chi connectivity index (χ1n) is 12.9. The van der Waals surface area contributed by atoms with Gasteiger partial charge in [0.25, 0.3) is 0 Å². The lowest BCUT2D eigenvalue weighted by Gasteiger charge is -2.25. The van der Waals surface area contributed by atoms with Crippen LogP contribution in [0.15, 0.2) is 30.5 Å². The molecule has 4 unspecified atom stereocenters. The Hall–Kier alpha value is -4.11. The fraction of sp³-hybridized carbons (Fsp3) is 0.462. The summed E-state index contributed by atoms with van der Waals surface area (Å²) in [6, 6.07) is 2.16. The molecule has 14 nitrogen and oxygen atoms in total. The largest absolute Gasteiger partial charge is 0.481 e. The molecule has 0 aliphatic rings. The van der Waals surface area contributed by atoms with Crippen molar-refractivity contribution >= 4 is 58.2 Å². The molecule has 0 spiro atoms. The normalized spacial score (nSPS) is 13.9.